The third-order valence-corrected chi connectivity index (χ3v) is 6.17. The minimum Gasteiger partial charge on any atom is -0.399 e. The van der Waals surface area contributed by atoms with E-state index in [1.807, 2.05) is 30.6 Å². The lowest BCUT2D eigenvalue weighted by Gasteiger charge is -2.20. The highest BCUT2D eigenvalue weighted by Crippen LogP contribution is 2.23. The summed E-state index contributed by atoms with van der Waals surface area (Å²) >= 11 is 1.70. The molecule has 0 aliphatic carbocycles. The standard InChI is InChI=1S/C23H29N7OS/c1-15(2)19(12-31)27-23-28-21(25-11-16-3-5-18(24)6-4-16)20-22(29-23)30(14-26-20)9-7-17-8-10-32-13-17/h3-6,8,10,13-15,19,31H,7,9,11-12,24H2,1-2H3,(H2,25,27,28,29)/t19-/m1/s1. The monoisotopic (exact) mass is 451 g/mol. The summed E-state index contributed by atoms with van der Waals surface area (Å²) in [7, 11) is 0. The van der Waals surface area contributed by atoms with Crippen LogP contribution in [-0.2, 0) is 19.5 Å². The quantitative estimate of drug-likeness (QED) is 0.272. The molecule has 3 aromatic heterocycles. The Hall–Kier alpha value is -3.17. The zero-order valence-corrected chi connectivity index (χ0v) is 19.1. The number of nitrogens with one attached hydrogen (secondary N) is 2. The van der Waals surface area contributed by atoms with Gasteiger partial charge in [-0.25, -0.2) is 4.98 Å². The van der Waals surface area contributed by atoms with Gasteiger partial charge in [-0.15, -0.1) is 0 Å². The molecule has 0 saturated carbocycles. The fourth-order valence-electron chi connectivity index (χ4n) is 3.39. The highest BCUT2D eigenvalue weighted by Gasteiger charge is 2.18. The number of nitrogens with zero attached hydrogens (tertiary/aromatic N) is 4. The zero-order chi connectivity index (χ0) is 22.5. The van der Waals surface area contributed by atoms with Crippen molar-refractivity contribution >= 4 is 40.0 Å². The van der Waals surface area contributed by atoms with Gasteiger partial charge in [-0.3, -0.25) is 0 Å². The molecule has 1 aromatic carbocycles. The van der Waals surface area contributed by atoms with Crippen LogP contribution in [0, 0.1) is 5.92 Å². The second-order valence-corrected chi connectivity index (χ2v) is 8.94. The third kappa shape index (κ3) is 5.17. The molecule has 4 rings (SSSR count). The first-order valence-electron chi connectivity index (χ1n) is 10.7. The minimum atomic E-state index is -0.139. The van der Waals surface area contributed by atoms with Crippen molar-refractivity contribution in [3.05, 3.63) is 58.5 Å². The van der Waals surface area contributed by atoms with Crippen molar-refractivity contribution in [1.29, 1.82) is 0 Å². The molecule has 0 unspecified atom stereocenters. The van der Waals surface area contributed by atoms with Crippen LogP contribution in [0.3, 0.4) is 0 Å². The maximum Gasteiger partial charge on any atom is 0.227 e. The van der Waals surface area contributed by atoms with E-state index in [0.29, 0.717) is 18.3 Å². The Morgan fingerprint density at radius 3 is 2.62 bits per heavy atom. The van der Waals surface area contributed by atoms with Crippen LogP contribution in [0.2, 0.25) is 0 Å². The number of rotatable bonds is 10. The van der Waals surface area contributed by atoms with Crippen molar-refractivity contribution in [2.75, 3.05) is 23.0 Å². The topological polar surface area (TPSA) is 114 Å². The van der Waals surface area contributed by atoms with E-state index in [1.165, 1.54) is 5.56 Å². The molecular weight excluding hydrogens is 422 g/mol. The molecule has 8 nitrogen and oxygen atoms in total. The van der Waals surface area contributed by atoms with Crippen molar-refractivity contribution in [2.24, 2.45) is 5.92 Å². The van der Waals surface area contributed by atoms with E-state index in [2.05, 4.69) is 55.8 Å². The van der Waals surface area contributed by atoms with Crippen LogP contribution in [0.5, 0.6) is 0 Å². The summed E-state index contributed by atoms with van der Waals surface area (Å²) in [6.07, 6.45) is 2.72. The highest BCUT2D eigenvalue weighted by molar-refractivity contribution is 7.07. The summed E-state index contributed by atoms with van der Waals surface area (Å²) in [5.74, 6) is 1.36. The molecule has 5 N–H and O–H groups in total. The van der Waals surface area contributed by atoms with E-state index in [-0.39, 0.29) is 18.6 Å². The molecular formula is C23H29N7OS. The molecule has 1 atom stereocenters. The van der Waals surface area contributed by atoms with Crippen LogP contribution in [-0.4, -0.2) is 37.3 Å². The number of nitrogens with two attached hydrogens (primary N) is 1. The van der Waals surface area contributed by atoms with Gasteiger partial charge in [-0.1, -0.05) is 26.0 Å². The maximum atomic E-state index is 9.76. The Bertz CT molecular complexity index is 1140. The molecule has 4 aromatic rings. The van der Waals surface area contributed by atoms with Gasteiger partial charge in [-0.05, 0) is 52.4 Å². The maximum absolute atomic E-state index is 9.76. The Morgan fingerprint density at radius 2 is 1.94 bits per heavy atom. The summed E-state index contributed by atoms with van der Waals surface area (Å²) in [5.41, 5.74) is 10.4. The van der Waals surface area contributed by atoms with Crippen molar-refractivity contribution in [3.8, 4) is 0 Å². The number of aromatic nitrogens is 4. The van der Waals surface area contributed by atoms with Gasteiger partial charge in [0.15, 0.2) is 17.0 Å². The molecule has 0 aliphatic rings. The van der Waals surface area contributed by atoms with Crippen molar-refractivity contribution in [2.45, 2.75) is 39.4 Å². The van der Waals surface area contributed by atoms with Gasteiger partial charge in [-0.2, -0.15) is 21.3 Å². The van der Waals surface area contributed by atoms with Crippen molar-refractivity contribution < 1.29 is 5.11 Å². The lowest BCUT2D eigenvalue weighted by atomic mass is 10.1. The Kier molecular flexibility index (Phi) is 6.87. The molecule has 0 aliphatic heterocycles. The lowest BCUT2D eigenvalue weighted by Crippen LogP contribution is -2.30. The molecule has 32 heavy (non-hydrogen) atoms. The summed E-state index contributed by atoms with van der Waals surface area (Å²) in [5, 5.41) is 20.7. The fourth-order valence-corrected chi connectivity index (χ4v) is 4.09. The van der Waals surface area contributed by atoms with E-state index in [4.69, 9.17) is 10.7 Å². The van der Waals surface area contributed by atoms with Gasteiger partial charge < -0.3 is 26.0 Å². The normalized spacial score (nSPS) is 12.4. The largest absolute Gasteiger partial charge is 0.399 e. The predicted octanol–water partition coefficient (Wildman–Crippen LogP) is 3.75. The molecule has 0 amide bonds. The number of nitrogen functional groups attached to an aromatic ring is 1. The highest BCUT2D eigenvalue weighted by atomic mass is 32.1. The number of aliphatic hydroxyl groups is 1. The average molecular weight is 452 g/mol. The lowest BCUT2D eigenvalue weighted by molar-refractivity contribution is 0.248. The number of aliphatic hydroxyl groups excluding tert-OH is 1. The molecule has 0 saturated heterocycles. The van der Waals surface area contributed by atoms with Gasteiger partial charge in [0.2, 0.25) is 5.95 Å². The first-order chi connectivity index (χ1) is 15.5. The summed E-state index contributed by atoms with van der Waals surface area (Å²) in [6, 6.07) is 9.74. The number of hydrogen-bond acceptors (Lipinski definition) is 8. The minimum absolute atomic E-state index is 0.00464. The Balaban J connectivity index is 1.63. The first kappa shape index (κ1) is 22.0. The van der Waals surface area contributed by atoms with Crippen LogP contribution in [0.4, 0.5) is 17.5 Å². The zero-order valence-electron chi connectivity index (χ0n) is 18.3. The van der Waals surface area contributed by atoms with Crippen molar-refractivity contribution in [1.82, 2.24) is 19.5 Å². The van der Waals surface area contributed by atoms with Gasteiger partial charge in [0.1, 0.15) is 0 Å². The summed E-state index contributed by atoms with van der Waals surface area (Å²) in [6.45, 7) is 5.47. The Morgan fingerprint density at radius 1 is 1.12 bits per heavy atom. The molecule has 0 bridgehead atoms. The van der Waals surface area contributed by atoms with E-state index >= 15 is 0 Å². The predicted molar refractivity (Wildman–Crippen MR) is 131 cm³/mol. The number of aryl methyl sites for hydroxylation is 2. The summed E-state index contributed by atoms with van der Waals surface area (Å²) in [4.78, 5) is 14.0. The van der Waals surface area contributed by atoms with Crippen LogP contribution in [0.15, 0.2) is 47.4 Å². The molecule has 9 heteroatoms. The molecule has 0 radical (unpaired) electrons. The summed E-state index contributed by atoms with van der Waals surface area (Å²) < 4.78 is 2.05. The molecule has 168 valence electrons. The van der Waals surface area contributed by atoms with Gasteiger partial charge in [0, 0.05) is 18.8 Å². The number of fused-ring (bicyclic) bond motifs is 1. The van der Waals surface area contributed by atoms with E-state index in [9.17, 15) is 5.11 Å². The van der Waals surface area contributed by atoms with Gasteiger partial charge in [0.05, 0.1) is 19.0 Å². The SMILES string of the molecule is CC(C)[C@@H](CO)Nc1nc(NCc2ccc(N)cc2)c2ncn(CCc3ccsc3)c2n1. The number of anilines is 3. The Labute approximate surface area is 191 Å². The van der Waals surface area contributed by atoms with Crippen LogP contribution < -0.4 is 16.4 Å². The fraction of sp³-hybridized carbons (Fsp3) is 0.348. The molecule has 0 fully saturated rings. The smallest absolute Gasteiger partial charge is 0.227 e. The van der Waals surface area contributed by atoms with Crippen LogP contribution in [0.1, 0.15) is 25.0 Å². The number of hydrogen-bond donors (Lipinski definition) is 4. The second kappa shape index (κ2) is 9.97. The first-order valence-corrected chi connectivity index (χ1v) is 11.7. The average Bonchev–Trinajstić information content (AvgIpc) is 3.45. The van der Waals surface area contributed by atoms with E-state index < -0.39 is 0 Å². The van der Waals surface area contributed by atoms with E-state index in [1.54, 1.807) is 11.3 Å². The van der Waals surface area contributed by atoms with Gasteiger partial charge >= 0.3 is 0 Å². The van der Waals surface area contributed by atoms with E-state index in [0.717, 1.165) is 35.4 Å². The van der Waals surface area contributed by atoms with Crippen LogP contribution in [0.25, 0.3) is 11.2 Å². The second-order valence-electron chi connectivity index (χ2n) is 8.16. The third-order valence-electron chi connectivity index (χ3n) is 5.44. The number of thiophene rings is 1. The van der Waals surface area contributed by atoms with Crippen molar-refractivity contribution in [3.63, 3.8) is 0 Å². The number of benzene rings is 1. The molecule has 3 heterocycles. The molecule has 0 spiro atoms. The number of imidazole rings is 1. The van der Waals surface area contributed by atoms with Gasteiger partial charge in [0.25, 0.3) is 0 Å². The van der Waals surface area contributed by atoms with Crippen LogP contribution >= 0.6 is 11.3 Å².